The van der Waals surface area contributed by atoms with Gasteiger partial charge in [-0.1, -0.05) is 18.2 Å². The largest absolute Gasteiger partial charge is 0.495 e. The lowest BCUT2D eigenvalue weighted by Crippen LogP contribution is -2.02. The van der Waals surface area contributed by atoms with Crippen molar-refractivity contribution in [2.75, 3.05) is 12.8 Å². The van der Waals surface area contributed by atoms with Crippen LogP contribution in [0.5, 0.6) is 5.75 Å². The third-order valence-electron chi connectivity index (χ3n) is 3.16. The van der Waals surface area contributed by atoms with E-state index in [1.54, 1.807) is 17.7 Å². The molecule has 0 saturated carbocycles. The fourth-order valence-corrected chi connectivity index (χ4v) is 2.28. The summed E-state index contributed by atoms with van der Waals surface area (Å²) in [5, 5.41) is 9.14. The average Bonchev–Trinajstić information content (AvgIpc) is 2.82. The first-order valence-electron chi connectivity index (χ1n) is 6.06. The smallest absolute Gasteiger partial charge is 0.206 e. The summed E-state index contributed by atoms with van der Waals surface area (Å²) in [6.07, 6.45) is 0. The molecule has 2 aromatic carbocycles. The molecule has 98 valence electrons. The van der Waals surface area contributed by atoms with Gasteiger partial charge in [0.1, 0.15) is 17.3 Å². The van der Waals surface area contributed by atoms with Crippen LogP contribution in [0, 0.1) is 11.3 Å². The Kier molecular flexibility index (Phi) is 2.77. The summed E-state index contributed by atoms with van der Waals surface area (Å²) in [5.41, 5.74) is 8.70. The fraction of sp³-hybridized carbons (Fsp3) is 0.0667. The molecule has 0 amide bonds. The van der Waals surface area contributed by atoms with Gasteiger partial charge < -0.3 is 10.5 Å². The number of nitrogens with zero attached hydrogens (tertiary/aromatic N) is 3. The molecule has 0 radical (unpaired) electrons. The van der Waals surface area contributed by atoms with Crippen molar-refractivity contribution >= 4 is 17.0 Å². The van der Waals surface area contributed by atoms with Crippen LogP contribution in [0.2, 0.25) is 0 Å². The predicted molar refractivity (Wildman–Crippen MR) is 76.7 cm³/mol. The number of benzene rings is 2. The number of aromatic nitrogens is 2. The van der Waals surface area contributed by atoms with Crippen LogP contribution in [0.15, 0.2) is 42.5 Å². The Morgan fingerprint density at radius 3 is 2.75 bits per heavy atom. The normalized spacial score (nSPS) is 10.4. The van der Waals surface area contributed by atoms with Crippen LogP contribution in [0.1, 0.15) is 5.56 Å². The van der Waals surface area contributed by atoms with Gasteiger partial charge in [-0.25, -0.2) is 4.98 Å². The number of para-hydroxylation sites is 3. The summed E-state index contributed by atoms with van der Waals surface area (Å²) in [5.74, 6) is 1.02. The standard InChI is InChI=1S/C15H12N4O/c1-20-13-8-3-2-6-11(13)19-12-7-4-5-10(9-16)14(12)18-15(19)17/h2-8H,1H3,(H2,17,18). The van der Waals surface area contributed by atoms with Crippen LogP contribution in [0.3, 0.4) is 0 Å². The summed E-state index contributed by atoms with van der Waals surface area (Å²) in [6, 6.07) is 15.1. The Morgan fingerprint density at radius 1 is 1.20 bits per heavy atom. The molecule has 0 aliphatic carbocycles. The van der Waals surface area contributed by atoms with Crippen molar-refractivity contribution in [3.63, 3.8) is 0 Å². The first-order chi connectivity index (χ1) is 9.76. The molecule has 0 aliphatic heterocycles. The highest BCUT2D eigenvalue weighted by Crippen LogP contribution is 2.30. The van der Waals surface area contributed by atoms with E-state index in [0.717, 1.165) is 11.2 Å². The number of rotatable bonds is 2. The lowest BCUT2D eigenvalue weighted by molar-refractivity contribution is 0.413. The maximum Gasteiger partial charge on any atom is 0.206 e. The number of nitriles is 1. The second-order valence-corrected chi connectivity index (χ2v) is 4.26. The summed E-state index contributed by atoms with van der Waals surface area (Å²) in [7, 11) is 1.61. The highest BCUT2D eigenvalue weighted by Gasteiger charge is 2.15. The zero-order valence-corrected chi connectivity index (χ0v) is 10.9. The molecule has 1 aromatic heterocycles. The minimum Gasteiger partial charge on any atom is -0.495 e. The molecule has 0 atom stereocenters. The van der Waals surface area contributed by atoms with E-state index < -0.39 is 0 Å². The third-order valence-corrected chi connectivity index (χ3v) is 3.16. The number of nitrogens with two attached hydrogens (primary N) is 1. The van der Waals surface area contributed by atoms with E-state index in [1.165, 1.54) is 0 Å². The maximum absolute atomic E-state index is 9.14. The number of fused-ring (bicyclic) bond motifs is 1. The Balaban J connectivity index is 2.38. The second-order valence-electron chi connectivity index (χ2n) is 4.26. The monoisotopic (exact) mass is 264 g/mol. The highest BCUT2D eigenvalue weighted by atomic mass is 16.5. The van der Waals surface area contributed by atoms with Crippen LogP contribution in [0.4, 0.5) is 5.95 Å². The molecule has 0 bridgehead atoms. The third kappa shape index (κ3) is 1.67. The number of ether oxygens (including phenoxy) is 1. The molecule has 3 aromatic rings. The minimum absolute atomic E-state index is 0.326. The zero-order chi connectivity index (χ0) is 14.1. The molecule has 0 aliphatic rings. The van der Waals surface area contributed by atoms with Crippen LogP contribution in [0.25, 0.3) is 16.7 Å². The Hall–Kier alpha value is -3.00. The topological polar surface area (TPSA) is 76.9 Å². The SMILES string of the molecule is COc1ccccc1-n1c(N)nc2c(C#N)cccc21. The lowest BCUT2D eigenvalue weighted by atomic mass is 10.2. The van der Waals surface area contributed by atoms with Crippen LogP contribution in [-0.2, 0) is 0 Å². The number of nitrogen functional groups attached to an aromatic ring is 1. The van der Waals surface area contributed by atoms with Gasteiger partial charge in [-0.2, -0.15) is 5.26 Å². The van der Waals surface area contributed by atoms with Gasteiger partial charge in [0, 0.05) is 0 Å². The van der Waals surface area contributed by atoms with E-state index in [1.807, 2.05) is 36.4 Å². The summed E-state index contributed by atoms with van der Waals surface area (Å²) in [6.45, 7) is 0. The van der Waals surface area contributed by atoms with Gasteiger partial charge >= 0.3 is 0 Å². The number of methoxy groups -OCH3 is 1. The van der Waals surface area contributed by atoms with Gasteiger partial charge in [0.15, 0.2) is 0 Å². The van der Waals surface area contributed by atoms with Crippen molar-refractivity contribution in [2.24, 2.45) is 0 Å². The number of hydrogen-bond acceptors (Lipinski definition) is 4. The number of anilines is 1. The van der Waals surface area contributed by atoms with Crippen molar-refractivity contribution < 1.29 is 4.74 Å². The van der Waals surface area contributed by atoms with E-state index >= 15 is 0 Å². The van der Waals surface area contributed by atoms with Crippen molar-refractivity contribution in [1.82, 2.24) is 9.55 Å². The molecule has 5 nitrogen and oxygen atoms in total. The molecular formula is C15H12N4O. The van der Waals surface area contributed by atoms with Crippen LogP contribution in [-0.4, -0.2) is 16.7 Å². The van der Waals surface area contributed by atoms with Crippen molar-refractivity contribution in [3.8, 4) is 17.5 Å². The van der Waals surface area contributed by atoms with E-state index in [4.69, 9.17) is 15.7 Å². The first kappa shape index (κ1) is 12.1. The Labute approximate surface area is 115 Å². The van der Waals surface area contributed by atoms with Crippen LogP contribution >= 0.6 is 0 Å². The van der Waals surface area contributed by atoms with E-state index in [9.17, 15) is 0 Å². The molecule has 5 heteroatoms. The molecule has 20 heavy (non-hydrogen) atoms. The van der Waals surface area contributed by atoms with E-state index in [-0.39, 0.29) is 0 Å². The second kappa shape index (κ2) is 4.59. The van der Waals surface area contributed by atoms with Gasteiger partial charge in [0.05, 0.1) is 23.9 Å². The van der Waals surface area contributed by atoms with Crippen molar-refractivity contribution in [2.45, 2.75) is 0 Å². The van der Waals surface area contributed by atoms with Gasteiger partial charge in [-0.15, -0.1) is 0 Å². The predicted octanol–water partition coefficient (Wildman–Crippen LogP) is 2.49. The Morgan fingerprint density at radius 2 is 2.00 bits per heavy atom. The molecule has 0 saturated heterocycles. The summed E-state index contributed by atoms with van der Waals surface area (Å²) in [4.78, 5) is 4.30. The Bertz CT molecular complexity index is 829. The zero-order valence-electron chi connectivity index (χ0n) is 10.9. The first-order valence-corrected chi connectivity index (χ1v) is 6.06. The van der Waals surface area contributed by atoms with Gasteiger partial charge in [-0.05, 0) is 24.3 Å². The van der Waals surface area contributed by atoms with Gasteiger partial charge in [-0.3, -0.25) is 4.57 Å². The lowest BCUT2D eigenvalue weighted by Gasteiger charge is -2.11. The highest BCUT2D eigenvalue weighted by molar-refractivity contribution is 5.86. The molecule has 2 N–H and O–H groups in total. The molecular weight excluding hydrogens is 252 g/mol. The van der Waals surface area contributed by atoms with E-state index in [0.29, 0.717) is 22.8 Å². The molecule has 0 spiro atoms. The summed E-state index contributed by atoms with van der Waals surface area (Å²) < 4.78 is 7.15. The quantitative estimate of drug-likeness (QED) is 0.771. The van der Waals surface area contributed by atoms with Crippen LogP contribution < -0.4 is 10.5 Å². The molecule has 1 heterocycles. The molecule has 0 unspecified atom stereocenters. The maximum atomic E-state index is 9.14. The van der Waals surface area contributed by atoms with E-state index in [2.05, 4.69) is 11.1 Å². The van der Waals surface area contributed by atoms with Crippen molar-refractivity contribution in [3.05, 3.63) is 48.0 Å². The number of imidazole rings is 1. The van der Waals surface area contributed by atoms with Crippen molar-refractivity contribution in [1.29, 1.82) is 5.26 Å². The van der Waals surface area contributed by atoms with Gasteiger partial charge in [0.2, 0.25) is 5.95 Å². The van der Waals surface area contributed by atoms with Gasteiger partial charge in [0.25, 0.3) is 0 Å². The average molecular weight is 264 g/mol. The molecule has 0 fully saturated rings. The fourth-order valence-electron chi connectivity index (χ4n) is 2.28. The summed E-state index contributed by atoms with van der Waals surface area (Å²) >= 11 is 0. The molecule has 3 rings (SSSR count). The minimum atomic E-state index is 0.326. The number of hydrogen-bond donors (Lipinski definition) is 1.